The van der Waals surface area contributed by atoms with Gasteiger partial charge in [0, 0.05) is 11.6 Å². The van der Waals surface area contributed by atoms with Gasteiger partial charge >= 0.3 is 0 Å². The monoisotopic (exact) mass is 287 g/mol. The summed E-state index contributed by atoms with van der Waals surface area (Å²) in [6.07, 6.45) is 7.05. The fraction of sp³-hybridized carbons (Fsp3) is 0.0769. The second-order valence-corrected chi connectivity index (χ2v) is 5.92. The van der Waals surface area contributed by atoms with E-state index in [9.17, 15) is 4.79 Å². The molecule has 0 radical (unpaired) electrons. The van der Waals surface area contributed by atoms with Gasteiger partial charge in [-0.15, -0.1) is 11.8 Å². The molecule has 0 saturated carbocycles. The summed E-state index contributed by atoms with van der Waals surface area (Å²) in [5.74, 6) is -0.168. The van der Waals surface area contributed by atoms with E-state index in [1.54, 1.807) is 6.20 Å². The number of carbonyl (C=O) groups is 1. The Morgan fingerprint density at radius 1 is 1.37 bits per heavy atom. The van der Waals surface area contributed by atoms with Crippen molar-refractivity contribution >= 4 is 50.8 Å². The Bertz CT molecular complexity index is 725. The lowest BCUT2D eigenvalue weighted by Crippen LogP contribution is -1.88. The second-order valence-electron chi connectivity index (χ2n) is 3.84. The van der Waals surface area contributed by atoms with Crippen molar-refractivity contribution in [2.45, 2.75) is 0 Å². The van der Waals surface area contributed by atoms with Gasteiger partial charge in [-0.25, -0.2) is 9.97 Å². The van der Waals surface area contributed by atoms with Crippen molar-refractivity contribution < 1.29 is 4.79 Å². The number of hydrogen-bond donors (Lipinski definition) is 0. The summed E-state index contributed by atoms with van der Waals surface area (Å²) < 4.78 is 0.792. The first kappa shape index (κ1) is 12.4. The standard InChI is InChI=1S/C13H9N3OS2/c1-18-13-16-12(17)11(19-13)5-8-2-3-10-9(4-8)6-14-7-15-10/h2-7H,1H3/b11-5-. The Kier molecular flexibility index (Phi) is 3.35. The first-order chi connectivity index (χ1) is 9.26. The number of aliphatic imine (C=N–C) groups is 1. The summed E-state index contributed by atoms with van der Waals surface area (Å²) in [5.41, 5.74) is 1.85. The van der Waals surface area contributed by atoms with Crippen molar-refractivity contribution in [1.29, 1.82) is 0 Å². The van der Waals surface area contributed by atoms with E-state index in [-0.39, 0.29) is 5.91 Å². The molecule has 4 nitrogen and oxygen atoms in total. The van der Waals surface area contributed by atoms with Crippen LogP contribution < -0.4 is 0 Å². The minimum Gasteiger partial charge on any atom is -0.266 e. The van der Waals surface area contributed by atoms with E-state index in [2.05, 4.69) is 15.0 Å². The summed E-state index contributed by atoms with van der Waals surface area (Å²) in [7, 11) is 0. The van der Waals surface area contributed by atoms with Crippen molar-refractivity contribution in [2.75, 3.05) is 6.26 Å². The highest BCUT2D eigenvalue weighted by Crippen LogP contribution is 2.32. The Labute approximate surface area is 118 Å². The van der Waals surface area contributed by atoms with Gasteiger partial charge in [0.15, 0.2) is 0 Å². The average Bonchev–Trinajstić information content (AvgIpc) is 2.79. The molecular weight excluding hydrogens is 278 g/mol. The van der Waals surface area contributed by atoms with E-state index in [0.717, 1.165) is 20.8 Å². The number of carbonyl (C=O) groups excluding carboxylic acids is 1. The predicted octanol–water partition coefficient (Wildman–Crippen LogP) is 2.96. The molecule has 1 aromatic carbocycles. The summed E-state index contributed by atoms with van der Waals surface area (Å²) >= 11 is 2.90. The molecule has 1 aliphatic rings. The summed E-state index contributed by atoms with van der Waals surface area (Å²) in [6, 6.07) is 5.82. The molecule has 0 spiro atoms. The SMILES string of the molecule is CSC1=NC(=O)/C(=C/c2ccc3ncncc3c2)S1. The molecule has 0 aliphatic carbocycles. The highest BCUT2D eigenvalue weighted by molar-refractivity contribution is 8.40. The molecule has 0 N–H and O–H groups in total. The van der Waals surface area contributed by atoms with Crippen molar-refractivity contribution in [3.63, 3.8) is 0 Å². The lowest BCUT2D eigenvalue weighted by molar-refractivity contribution is -0.113. The Morgan fingerprint density at radius 2 is 2.26 bits per heavy atom. The molecule has 0 saturated heterocycles. The number of aromatic nitrogens is 2. The Morgan fingerprint density at radius 3 is 3.05 bits per heavy atom. The first-order valence-electron chi connectivity index (χ1n) is 5.52. The van der Waals surface area contributed by atoms with Gasteiger partial charge in [-0.05, 0) is 30.0 Å². The van der Waals surface area contributed by atoms with Gasteiger partial charge in [0.1, 0.15) is 10.7 Å². The maximum Gasteiger partial charge on any atom is 0.285 e. The first-order valence-corrected chi connectivity index (χ1v) is 7.57. The van der Waals surface area contributed by atoms with Gasteiger partial charge in [-0.2, -0.15) is 4.99 Å². The molecule has 3 rings (SSSR count). The number of benzene rings is 1. The fourth-order valence-corrected chi connectivity index (χ4v) is 3.14. The van der Waals surface area contributed by atoms with Gasteiger partial charge in [0.25, 0.3) is 5.91 Å². The van der Waals surface area contributed by atoms with Crippen LogP contribution in [0.4, 0.5) is 0 Å². The molecule has 2 heterocycles. The van der Waals surface area contributed by atoms with Crippen molar-refractivity contribution in [2.24, 2.45) is 4.99 Å². The second kappa shape index (κ2) is 5.14. The lowest BCUT2D eigenvalue weighted by Gasteiger charge is -1.99. The minimum absolute atomic E-state index is 0.168. The number of hydrogen-bond acceptors (Lipinski definition) is 5. The van der Waals surface area contributed by atoms with Gasteiger partial charge in [-0.3, -0.25) is 4.79 Å². The number of nitrogens with zero attached hydrogens (tertiary/aromatic N) is 3. The smallest absolute Gasteiger partial charge is 0.266 e. The molecule has 2 aromatic rings. The van der Waals surface area contributed by atoms with Crippen LogP contribution in [0.5, 0.6) is 0 Å². The molecule has 94 valence electrons. The number of rotatable bonds is 1. The summed E-state index contributed by atoms with van der Waals surface area (Å²) in [6.45, 7) is 0. The van der Waals surface area contributed by atoms with E-state index >= 15 is 0 Å². The Hall–Kier alpha value is -1.66. The van der Waals surface area contributed by atoms with Crippen molar-refractivity contribution in [3.8, 4) is 0 Å². The molecule has 6 heteroatoms. The average molecular weight is 287 g/mol. The van der Waals surface area contributed by atoms with Crippen LogP contribution in [-0.2, 0) is 4.79 Å². The molecule has 0 atom stereocenters. The molecule has 1 aromatic heterocycles. The van der Waals surface area contributed by atoms with E-state index in [1.807, 2.05) is 30.5 Å². The highest BCUT2D eigenvalue weighted by Gasteiger charge is 2.20. The van der Waals surface area contributed by atoms with Gasteiger partial charge < -0.3 is 0 Å². The molecule has 1 amide bonds. The van der Waals surface area contributed by atoms with Crippen LogP contribution in [0.15, 0.2) is 40.6 Å². The van der Waals surface area contributed by atoms with Crippen LogP contribution in [0.1, 0.15) is 5.56 Å². The highest BCUT2D eigenvalue weighted by atomic mass is 32.2. The Balaban J connectivity index is 1.96. The van der Waals surface area contributed by atoms with E-state index in [0.29, 0.717) is 4.91 Å². The topological polar surface area (TPSA) is 55.2 Å². The predicted molar refractivity (Wildman–Crippen MR) is 81.1 cm³/mol. The number of fused-ring (bicyclic) bond motifs is 1. The van der Waals surface area contributed by atoms with E-state index in [1.165, 1.54) is 29.9 Å². The third-order valence-corrected chi connectivity index (χ3v) is 4.57. The van der Waals surface area contributed by atoms with Crippen LogP contribution in [0.2, 0.25) is 0 Å². The quantitative estimate of drug-likeness (QED) is 0.755. The molecule has 0 bridgehead atoms. The van der Waals surface area contributed by atoms with Crippen LogP contribution in [-0.4, -0.2) is 26.5 Å². The van der Waals surface area contributed by atoms with E-state index < -0.39 is 0 Å². The number of amides is 1. The van der Waals surface area contributed by atoms with Crippen molar-refractivity contribution in [3.05, 3.63) is 41.2 Å². The molecular formula is C13H9N3OS2. The van der Waals surface area contributed by atoms with Crippen LogP contribution >= 0.6 is 23.5 Å². The van der Waals surface area contributed by atoms with Crippen LogP contribution in [0.25, 0.3) is 17.0 Å². The molecule has 19 heavy (non-hydrogen) atoms. The molecule has 0 fully saturated rings. The van der Waals surface area contributed by atoms with E-state index in [4.69, 9.17) is 0 Å². The normalized spacial score (nSPS) is 17.2. The lowest BCUT2D eigenvalue weighted by atomic mass is 10.1. The number of thioether (sulfide) groups is 2. The maximum absolute atomic E-state index is 11.7. The maximum atomic E-state index is 11.7. The zero-order valence-electron chi connectivity index (χ0n) is 10.0. The van der Waals surface area contributed by atoms with Crippen LogP contribution in [0.3, 0.4) is 0 Å². The minimum atomic E-state index is -0.168. The van der Waals surface area contributed by atoms with Crippen molar-refractivity contribution in [1.82, 2.24) is 9.97 Å². The zero-order chi connectivity index (χ0) is 13.2. The van der Waals surface area contributed by atoms with Gasteiger partial charge in [-0.1, -0.05) is 17.8 Å². The fourth-order valence-electron chi connectivity index (χ4n) is 1.72. The zero-order valence-corrected chi connectivity index (χ0v) is 11.7. The van der Waals surface area contributed by atoms with Gasteiger partial charge in [0.05, 0.1) is 10.4 Å². The third kappa shape index (κ3) is 2.54. The van der Waals surface area contributed by atoms with Crippen LogP contribution in [0, 0.1) is 0 Å². The summed E-state index contributed by atoms with van der Waals surface area (Å²) in [4.78, 5) is 24.5. The largest absolute Gasteiger partial charge is 0.285 e. The third-order valence-electron chi connectivity index (χ3n) is 2.60. The van der Waals surface area contributed by atoms with Gasteiger partial charge in [0.2, 0.25) is 0 Å². The summed E-state index contributed by atoms with van der Waals surface area (Å²) in [5, 5.41) is 0.957. The molecule has 1 aliphatic heterocycles. The molecule has 0 unspecified atom stereocenters.